The van der Waals surface area contributed by atoms with Gasteiger partial charge in [-0.15, -0.1) is 0 Å². The van der Waals surface area contributed by atoms with Gasteiger partial charge in [-0.25, -0.2) is 9.59 Å². The molecular formula is C20H27N3O4. The highest BCUT2D eigenvalue weighted by Gasteiger charge is 2.35. The van der Waals surface area contributed by atoms with Crippen molar-refractivity contribution in [1.29, 1.82) is 0 Å². The number of piperidine rings is 1. The van der Waals surface area contributed by atoms with E-state index in [0.717, 1.165) is 24.9 Å². The maximum absolute atomic E-state index is 12.6. The topological polar surface area (TPSA) is 79.9 Å². The molecule has 1 saturated heterocycles. The van der Waals surface area contributed by atoms with Crippen LogP contribution < -0.4 is 15.4 Å². The van der Waals surface area contributed by atoms with Crippen molar-refractivity contribution in [3.05, 3.63) is 41.1 Å². The highest BCUT2D eigenvalue weighted by Crippen LogP contribution is 2.30. The van der Waals surface area contributed by atoms with E-state index in [-0.39, 0.29) is 6.03 Å². The third kappa shape index (κ3) is 4.24. The maximum atomic E-state index is 12.6. The molecular weight excluding hydrogens is 346 g/mol. The number of methoxy groups -OCH3 is 2. The monoisotopic (exact) mass is 373 g/mol. The van der Waals surface area contributed by atoms with Crippen molar-refractivity contribution in [2.45, 2.75) is 38.3 Å². The summed E-state index contributed by atoms with van der Waals surface area (Å²) in [5, 5.41) is 5.68. The van der Waals surface area contributed by atoms with Gasteiger partial charge in [0.1, 0.15) is 5.75 Å². The predicted octanol–water partition coefficient (Wildman–Crippen LogP) is 2.35. The average Bonchev–Trinajstić information content (AvgIpc) is 2.69. The molecule has 2 atom stereocenters. The number of benzene rings is 1. The molecule has 2 aliphatic heterocycles. The molecule has 146 valence electrons. The van der Waals surface area contributed by atoms with E-state index in [2.05, 4.69) is 22.5 Å². The Morgan fingerprint density at radius 3 is 2.81 bits per heavy atom. The number of hydrogen-bond acceptors (Lipinski definition) is 5. The summed E-state index contributed by atoms with van der Waals surface area (Å²) in [5.41, 5.74) is 1.81. The van der Waals surface area contributed by atoms with Crippen molar-refractivity contribution < 1.29 is 19.1 Å². The highest BCUT2D eigenvalue weighted by atomic mass is 16.5. The zero-order valence-corrected chi connectivity index (χ0v) is 16.1. The van der Waals surface area contributed by atoms with Crippen LogP contribution in [-0.2, 0) is 9.53 Å². The molecule has 0 bridgehead atoms. The van der Waals surface area contributed by atoms with E-state index >= 15 is 0 Å². The van der Waals surface area contributed by atoms with Gasteiger partial charge in [0.2, 0.25) is 0 Å². The smallest absolute Gasteiger partial charge is 0.338 e. The lowest BCUT2D eigenvalue weighted by molar-refractivity contribution is -0.136. The van der Waals surface area contributed by atoms with Gasteiger partial charge in [0.15, 0.2) is 0 Å². The Hall–Kier alpha value is -2.54. The Balaban J connectivity index is 2.00. The summed E-state index contributed by atoms with van der Waals surface area (Å²) in [7, 11) is 2.94. The number of carbonyl (C=O) groups excluding carboxylic acids is 2. The molecule has 2 heterocycles. The van der Waals surface area contributed by atoms with Crippen molar-refractivity contribution in [3.8, 4) is 5.75 Å². The molecule has 2 amide bonds. The Labute approximate surface area is 159 Å². The van der Waals surface area contributed by atoms with E-state index in [4.69, 9.17) is 9.47 Å². The lowest BCUT2D eigenvalue weighted by atomic mass is 9.94. The molecule has 7 nitrogen and oxygen atoms in total. The summed E-state index contributed by atoms with van der Waals surface area (Å²) in [4.78, 5) is 27.3. The summed E-state index contributed by atoms with van der Waals surface area (Å²) in [6.07, 6.45) is 3.45. The molecule has 2 aliphatic rings. The minimum atomic E-state index is -0.587. The minimum absolute atomic E-state index is 0.324. The molecule has 0 aromatic heterocycles. The van der Waals surface area contributed by atoms with Crippen molar-refractivity contribution in [3.63, 3.8) is 0 Å². The van der Waals surface area contributed by atoms with Crippen LogP contribution in [0.1, 0.15) is 37.8 Å². The molecule has 3 rings (SSSR count). The number of urea groups is 1. The lowest BCUT2D eigenvalue weighted by Crippen LogP contribution is -2.50. The van der Waals surface area contributed by atoms with Crippen molar-refractivity contribution >= 4 is 12.0 Å². The fraction of sp³-hybridized carbons (Fsp3) is 0.500. The Kier molecular flexibility index (Phi) is 6.01. The van der Waals surface area contributed by atoms with Crippen LogP contribution in [0.5, 0.6) is 5.75 Å². The molecule has 1 aromatic carbocycles. The second-order valence-electron chi connectivity index (χ2n) is 7.01. The molecule has 7 heteroatoms. The normalized spacial score (nSPS) is 23.4. The van der Waals surface area contributed by atoms with E-state index in [1.807, 2.05) is 24.3 Å². The Bertz CT molecular complexity index is 746. The van der Waals surface area contributed by atoms with Crippen molar-refractivity contribution in [2.75, 3.05) is 27.3 Å². The molecule has 1 fully saturated rings. The number of nitrogens with zero attached hydrogens (tertiary/aromatic N) is 1. The van der Waals surface area contributed by atoms with E-state index < -0.39 is 12.0 Å². The fourth-order valence-corrected chi connectivity index (χ4v) is 3.76. The van der Waals surface area contributed by atoms with Gasteiger partial charge in [0, 0.05) is 18.3 Å². The molecule has 2 N–H and O–H groups in total. The zero-order chi connectivity index (χ0) is 19.4. The van der Waals surface area contributed by atoms with E-state index in [9.17, 15) is 9.59 Å². The molecule has 27 heavy (non-hydrogen) atoms. The van der Waals surface area contributed by atoms with Gasteiger partial charge in [-0.3, -0.25) is 4.90 Å². The minimum Gasteiger partial charge on any atom is -0.497 e. The molecule has 0 radical (unpaired) electrons. The van der Waals surface area contributed by atoms with Crippen LogP contribution in [0.15, 0.2) is 35.5 Å². The van der Waals surface area contributed by atoms with Gasteiger partial charge < -0.3 is 20.1 Å². The van der Waals surface area contributed by atoms with Crippen LogP contribution in [0.4, 0.5) is 4.79 Å². The maximum Gasteiger partial charge on any atom is 0.338 e. The predicted molar refractivity (Wildman–Crippen MR) is 101 cm³/mol. The Morgan fingerprint density at radius 2 is 2.11 bits per heavy atom. The van der Waals surface area contributed by atoms with Crippen LogP contribution in [0, 0.1) is 0 Å². The number of esters is 1. The summed E-state index contributed by atoms with van der Waals surface area (Å²) in [6.45, 7) is 3.64. The molecule has 1 aromatic rings. The summed E-state index contributed by atoms with van der Waals surface area (Å²) in [6, 6.07) is 6.84. The Morgan fingerprint density at radius 1 is 1.30 bits per heavy atom. The number of likely N-dealkylation sites (tertiary alicyclic amines) is 1. The zero-order valence-electron chi connectivity index (χ0n) is 16.1. The van der Waals surface area contributed by atoms with E-state index in [1.165, 1.54) is 13.5 Å². The molecule has 0 spiro atoms. The quantitative estimate of drug-likeness (QED) is 0.775. The number of ether oxygens (including phenoxy) is 2. The van der Waals surface area contributed by atoms with Crippen LogP contribution in [-0.4, -0.2) is 50.3 Å². The van der Waals surface area contributed by atoms with Crippen LogP contribution in [0.25, 0.3) is 0 Å². The fourth-order valence-electron chi connectivity index (χ4n) is 3.76. The number of carbonyl (C=O) groups is 2. The van der Waals surface area contributed by atoms with Gasteiger partial charge in [-0.05, 0) is 44.0 Å². The van der Waals surface area contributed by atoms with Gasteiger partial charge in [-0.2, -0.15) is 0 Å². The van der Waals surface area contributed by atoms with Crippen molar-refractivity contribution in [2.24, 2.45) is 0 Å². The first kappa shape index (κ1) is 19.2. The highest BCUT2D eigenvalue weighted by molar-refractivity contribution is 5.95. The van der Waals surface area contributed by atoms with Crippen LogP contribution in [0.2, 0.25) is 0 Å². The molecule has 0 aliphatic carbocycles. The second kappa shape index (κ2) is 8.43. The first-order valence-corrected chi connectivity index (χ1v) is 9.30. The van der Waals surface area contributed by atoms with Gasteiger partial charge >= 0.3 is 12.0 Å². The number of nitrogens with one attached hydrogen (secondary N) is 2. The second-order valence-corrected chi connectivity index (χ2v) is 7.01. The van der Waals surface area contributed by atoms with E-state index in [1.54, 1.807) is 7.11 Å². The first-order valence-electron chi connectivity index (χ1n) is 9.30. The van der Waals surface area contributed by atoms with Crippen LogP contribution in [0.3, 0.4) is 0 Å². The molecule has 0 saturated carbocycles. The summed E-state index contributed by atoms with van der Waals surface area (Å²) < 4.78 is 10.3. The summed E-state index contributed by atoms with van der Waals surface area (Å²) in [5.74, 6) is 0.214. The van der Waals surface area contributed by atoms with Gasteiger partial charge in [-0.1, -0.05) is 18.6 Å². The number of amides is 2. The molecule has 0 unspecified atom stereocenters. The standard InChI is InChI=1S/C20H27N3O4/c1-13-7-4-5-10-23(13)12-16-17(19(24)27-3)18(22-20(25)21-16)14-8-6-9-15(11-14)26-2/h6,8-9,11,13,18H,4-5,7,10,12H2,1-3H3,(H2,21,22,25)/t13-,18-/m0/s1. The third-order valence-electron chi connectivity index (χ3n) is 5.29. The van der Waals surface area contributed by atoms with Crippen molar-refractivity contribution in [1.82, 2.24) is 15.5 Å². The van der Waals surface area contributed by atoms with Gasteiger partial charge in [0.25, 0.3) is 0 Å². The van der Waals surface area contributed by atoms with E-state index in [0.29, 0.717) is 29.6 Å². The lowest BCUT2D eigenvalue weighted by Gasteiger charge is -2.36. The third-order valence-corrected chi connectivity index (χ3v) is 5.29. The van der Waals surface area contributed by atoms with Crippen LogP contribution >= 0.6 is 0 Å². The largest absolute Gasteiger partial charge is 0.497 e. The van der Waals surface area contributed by atoms with Gasteiger partial charge in [0.05, 0.1) is 25.8 Å². The number of hydrogen-bond donors (Lipinski definition) is 2. The average molecular weight is 373 g/mol. The first-order chi connectivity index (χ1) is 13.0. The summed E-state index contributed by atoms with van der Waals surface area (Å²) >= 11 is 0. The SMILES string of the molecule is COC(=O)C1=C(CN2CCCC[C@@H]2C)NC(=O)N[C@H]1c1cccc(OC)c1. The number of rotatable bonds is 5.